The molecule has 0 aromatic rings. The van der Waals surface area contributed by atoms with Crippen LogP contribution >= 0.6 is 11.8 Å². The van der Waals surface area contributed by atoms with Gasteiger partial charge in [0.15, 0.2) is 0 Å². The van der Waals surface area contributed by atoms with Crippen LogP contribution in [0.25, 0.3) is 0 Å². The first-order valence-electron chi connectivity index (χ1n) is 4.94. The van der Waals surface area contributed by atoms with Gasteiger partial charge >= 0.3 is 0 Å². The first kappa shape index (κ1) is 11.8. The number of carbonyl (C=O) groups excluding carboxylic acids is 1. The molecule has 1 atom stereocenters. The summed E-state index contributed by atoms with van der Waals surface area (Å²) in [5, 5.41) is 0. The molecule has 1 saturated heterocycles. The van der Waals surface area contributed by atoms with E-state index in [4.69, 9.17) is 10.5 Å². The second-order valence-corrected chi connectivity index (χ2v) is 4.62. The molecule has 0 bridgehead atoms. The maximum absolute atomic E-state index is 11.1. The quantitative estimate of drug-likeness (QED) is 0.656. The van der Waals surface area contributed by atoms with Crippen LogP contribution in [0.1, 0.15) is 6.92 Å². The van der Waals surface area contributed by atoms with Crippen molar-refractivity contribution in [3.8, 4) is 0 Å². The number of hydrogen-bond donors (Lipinski definition) is 1. The molecule has 1 unspecified atom stereocenters. The number of thioether (sulfide) groups is 1. The Bertz CT molecular complexity index is 190. The van der Waals surface area contributed by atoms with Crippen LogP contribution < -0.4 is 5.73 Å². The summed E-state index contributed by atoms with van der Waals surface area (Å²) in [7, 11) is 0. The van der Waals surface area contributed by atoms with Gasteiger partial charge < -0.3 is 10.5 Å². The average Bonchev–Trinajstić information content (AvgIpc) is 2.19. The molecule has 0 saturated carbocycles. The van der Waals surface area contributed by atoms with Crippen molar-refractivity contribution in [3.63, 3.8) is 0 Å². The molecule has 0 radical (unpaired) electrons. The van der Waals surface area contributed by atoms with E-state index in [2.05, 4.69) is 11.8 Å². The maximum atomic E-state index is 11.1. The molecule has 1 fully saturated rings. The number of hydrogen-bond acceptors (Lipinski definition) is 4. The minimum absolute atomic E-state index is 0.221. The molecule has 0 aromatic heterocycles. The van der Waals surface area contributed by atoms with E-state index < -0.39 is 0 Å². The molecule has 82 valence electrons. The van der Waals surface area contributed by atoms with E-state index in [1.54, 1.807) is 0 Å². The minimum atomic E-state index is -0.272. The number of rotatable bonds is 5. The third-order valence-electron chi connectivity index (χ3n) is 2.29. The van der Waals surface area contributed by atoms with Crippen LogP contribution in [-0.2, 0) is 9.53 Å². The Morgan fingerprint density at radius 1 is 1.71 bits per heavy atom. The topological polar surface area (TPSA) is 55.6 Å². The Morgan fingerprint density at radius 3 is 3.14 bits per heavy atom. The summed E-state index contributed by atoms with van der Waals surface area (Å²) in [4.78, 5) is 13.2. The monoisotopic (exact) mass is 218 g/mol. The minimum Gasteiger partial charge on any atom is -0.378 e. The SMILES string of the molecule is CCSCCN1CCOCC1C(N)=O. The van der Waals surface area contributed by atoms with Gasteiger partial charge in [0.25, 0.3) is 0 Å². The fourth-order valence-electron chi connectivity index (χ4n) is 1.49. The Balaban J connectivity index is 2.34. The van der Waals surface area contributed by atoms with Gasteiger partial charge in [-0.1, -0.05) is 6.92 Å². The Labute approximate surface area is 89.2 Å². The zero-order chi connectivity index (χ0) is 10.4. The van der Waals surface area contributed by atoms with Crippen LogP contribution in [0.5, 0.6) is 0 Å². The number of nitrogens with two attached hydrogens (primary N) is 1. The van der Waals surface area contributed by atoms with Crippen molar-refractivity contribution in [3.05, 3.63) is 0 Å². The van der Waals surface area contributed by atoms with Crippen LogP contribution in [0.2, 0.25) is 0 Å². The normalized spacial score (nSPS) is 23.6. The van der Waals surface area contributed by atoms with Crippen LogP contribution in [-0.4, -0.2) is 54.7 Å². The highest BCUT2D eigenvalue weighted by molar-refractivity contribution is 7.99. The number of amides is 1. The molecule has 1 amide bonds. The van der Waals surface area contributed by atoms with E-state index in [0.717, 1.165) is 24.6 Å². The molecule has 1 aliphatic rings. The molecule has 2 N–H and O–H groups in total. The highest BCUT2D eigenvalue weighted by atomic mass is 32.2. The molecular weight excluding hydrogens is 200 g/mol. The summed E-state index contributed by atoms with van der Waals surface area (Å²) in [6, 6.07) is -0.221. The molecule has 0 aromatic carbocycles. The largest absolute Gasteiger partial charge is 0.378 e. The highest BCUT2D eigenvalue weighted by Crippen LogP contribution is 2.08. The van der Waals surface area contributed by atoms with Gasteiger partial charge in [0, 0.05) is 18.8 Å². The van der Waals surface area contributed by atoms with Crippen LogP contribution in [0.3, 0.4) is 0 Å². The average molecular weight is 218 g/mol. The lowest BCUT2D eigenvalue weighted by atomic mass is 10.2. The number of nitrogens with zero attached hydrogens (tertiary/aromatic N) is 1. The standard InChI is InChI=1S/C9H18N2O2S/c1-2-14-6-4-11-3-5-13-7-8(11)9(10)12/h8H,2-7H2,1H3,(H2,10,12). The van der Waals surface area contributed by atoms with Gasteiger partial charge in [0.2, 0.25) is 5.91 Å². The molecule has 1 aliphatic heterocycles. The fourth-order valence-corrected chi connectivity index (χ4v) is 2.15. The predicted octanol–water partition coefficient (Wildman–Crippen LogP) is -0.0744. The summed E-state index contributed by atoms with van der Waals surface area (Å²) < 4.78 is 5.23. The molecule has 1 heterocycles. The van der Waals surface area contributed by atoms with Crippen LogP contribution in [0.15, 0.2) is 0 Å². The van der Waals surface area contributed by atoms with Crippen molar-refractivity contribution in [2.24, 2.45) is 5.73 Å². The van der Waals surface area contributed by atoms with E-state index in [9.17, 15) is 4.79 Å². The van der Waals surface area contributed by atoms with Crippen molar-refractivity contribution in [2.75, 3.05) is 37.8 Å². The third kappa shape index (κ3) is 3.48. The summed E-state index contributed by atoms with van der Waals surface area (Å²) >= 11 is 1.88. The second kappa shape index (κ2) is 6.27. The summed E-state index contributed by atoms with van der Waals surface area (Å²) in [6.07, 6.45) is 0. The van der Waals surface area contributed by atoms with Crippen molar-refractivity contribution in [1.29, 1.82) is 0 Å². The van der Waals surface area contributed by atoms with E-state index in [1.165, 1.54) is 0 Å². The molecule has 14 heavy (non-hydrogen) atoms. The fraction of sp³-hybridized carbons (Fsp3) is 0.889. The first-order valence-corrected chi connectivity index (χ1v) is 6.10. The smallest absolute Gasteiger partial charge is 0.237 e. The van der Waals surface area contributed by atoms with E-state index in [1.807, 2.05) is 11.8 Å². The lowest BCUT2D eigenvalue weighted by Crippen LogP contribution is -2.53. The summed E-state index contributed by atoms with van der Waals surface area (Å²) in [5.74, 6) is 1.90. The Kier molecular flexibility index (Phi) is 5.29. The number of primary amides is 1. The van der Waals surface area contributed by atoms with Gasteiger partial charge in [0.1, 0.15) is 6.04 Å². The summed E-state index contributed by atoms with van der Waals surface area (Å²) in [5.41, 5.74) is 5.29. The van der Waals surface area contributed by atoms with E-state index >= 15 is 0 Å². The molecule has 0 spiro atoms. The van der Waals surface area contributed by atoms with E-state index in [0.29, 0.717) is 13.2 Å². The third-order valence-corrected chi connectivity index (χ3v) is 3.17. The lowest BCUT2D eigenvalue weighted by molar-refractivity contribution is -0.128. The Hall–Kier alpha value is -0.260. The van der Waals surface area contributed by atoms with Crippen molar-refractivity contribution >= 4 is 17.7 Å². The van der Waals surface area contributed by atoms with Gasteiger partial charge in [-0.2, -0.15) is 11.8 Å². The molecule has 5 heteroatoms. The molecular formula is C9H18N2O2S. The molecule has 4 nitrogen and oxygen atoms in total. The van der Waals surface area contributed by atoms with E-state index in [-0.39, 0.29) is 11.9 Å². The van der Waals surface area contributed by atoms with Gasteiger partial charge in [-0.25, -0.2) is 0 Å². The van der Waals surface area contributed by atoms with Gasteiger partial charge in [0.05, 0.1) is 13.2 Å². The Morgan fingerprint density at radius 2 is 2.50 bits per heavy atom. The van der Waals surface area contributed by atoms with Crippen LogP contribution in [0.4, 0.5) is 0 Å². The zero-order valence-corrected chi connectivity index (χ0v) is 9.39. The van der Waals surface area contributed by atoms with Gasteiger partial charge in [-0.3, -0.25) is 9.69 Å². The molecule has 0 aliphatic carbocycles. The van der Waals surface area contributed by atoms with Crippen molar-refractivity contribution < 1.29 is 9.53 Å². The van der Waals surface area contributed by atoms with Crippen molar-refractivity contribution in [2.45, 2.75) is 13.0 Å². The highest BCUT2D eigenvalue weighted by Gasteiger charge is 2.26. The number of carbonyl (C=O) groups is 1. The predicted molar refractivity (Wildman–Crippen MR) is 58.4 cm³/mol. The summed E-state index contributed by atoms with van der Waals surface area (Å²) in [6.45, 7) is 5.04. The number of ether oxygens (including phenoxy) is 1. The van der Waals surface area contributed by atoms with Gasteiger partial charge in [-0.05, 0) is 5.75 Å². The molecule has 1 rings (SSSR count). The van der Waals surface area contributed by atoms with Crippen LogP contribution in [0, 0.1) is 0 Å². The first-order chi connectivity index (χ1) is 6.75. The lowest BCUT2D eigenvalue weighted by Gasteiger charge is -2.33. The number of morpholine rings is 1. The second-order valence-electron chi connectivity index (χ2n) is 3.23. The maximum Gasteiger partial charge on any atom is 0.237 e. The van der Waals surface area contributed by atoms with Gasteiger partial charge in [-0.15, -0.1) is 0 Å². The van der Waals surface area contributed by atoms with Crippen molar-refractivity contribution in [1.82, 2.24) is 4.90 Å². The zero-order valence-electron chi connectivity index (χ0n) is 8.57.